The maximum Gasteiger partial charge on any atom is 0.127 e. The smallest absolute Gasteiger partial charge is 0.127 e. The Balaban J connectivity index is 1.80. The molecule has 1 saturated heterocycles. The molecule has 1 radical (unpaired) electrons. The lowest BCUT2D eigenvalue weighted by atomic mass is 9.98. The Hall–Kier alpha value is -2.07. The predicted molar refractivity (Wildman–Crippen MR) is 98.6 cm³/mol. The molecule has 1 unspecified atom stereocenters. The number of rotatable bonds is 6. The average Bonchev–Trinajstić information content (AvgIpc) is 2.64. The number of benzene rings is 2. The van der Waals surface area contributed by atoms with Gasteiger partial charge in [-0.25, -0.2) is 4.39 Å². The molecule has 0 amide bonds. The topological polar surface area (TPSA) is 30.5 Å². The van der Waals surface area contributed by atoms with E-state index in [9.17, 15) is 4.39 Å². The molecule has 2 aromatic rings. The maximum atomic E-state index is 13.3. The molecule has 0 bridgehead atoms. The third kappa shape index (κ3) is 4.31. The highest BCUT2D eigenvalue weighted by molar-refractivity contribution is 5.77. The van der Waals surface area contributed by atoms with Gasteiger partial charge in [-0.05, 0) is 62.6 Å². The Kier molecular flexibility index (Phi) is 5.92. The number of methoxy groups -OCH3 is 1. The SMILES string of the molecule is [CH2]c1c(OC)ccc(OCCC2CCCCN2)c1-c1ccc(F)cc1. The molecule has 1 atom stereocenters. The van der Waals surface area contributed by atoms with Gasteiger partial charge in [0.25, 0.3) is 0 Å². The first kappa shape index (κ1) is 17.7. The van der Waals surface area contributed by atoms with Gasteiger partial charge in [0, 0.05) is 17.2 Å². The van der Waals surface area contributed by atoms with Crippen LogP contribution in [0.4, 0.5) is 4.39 Å². The van der Waals surface area contributed by atoms with Crippen molar-refractivity contribution in [2.24, 2.45) is 0 Å². The molecule has 1 aliphatic rings. The summed E-state index contributed by atoms with van der Waals surface area (Å²) in [5, 5.41) is 3.53. The van der Waals surface area contributed by atoms with Crippen LogP contribution in [-0.4, -0.2) is 26.3 Å². The minimum atomic E-state index is -0.261. The zero-order valence-electron chi connectivity index (χ0n) is 14.7. The molecule has 0 saturated carbocycles. The fourth-order valence-corrected chi connectivity index (χ4v) is 3.33. The molecule has 0 aliphatic carbocycles. The molecular formula is C21H25FNO2. The zero-order valence-corrected chi connectivity index (χ0v) is 14.7. The monoisotopic (exact) mass is 342 g/mol. The average molecular weight is 342 g/mol. The van der Waals surface area contributed by atoms with Crippen molar-refractivity contribution >= 4 is 0 Å². The van der Waals surface area contributed by atoms with Crippen molar-refractivity contribution in [1.82, 2.24) is 5.32 Å². The minimum Gasteiger partial charge on any atom is -0.496 e. The molecule has 25 heavy (non-hydrogen) atoms. The fourth-order valence-electron chi connectivity index (χ4n) is 3.33. The van der Waals surface area contributed by atoms with Gasteiger partial charge in [0.2, 0.25) is 0 Å². The summed E-state index contributed by atoms with van der Waals surface area (Å²) in [6, 6.07) is 10.7. The summed E-state index contributed by atoms with van der Waals surface area (Å²) in [6.07, 6.45) is 4.72. The summed E-state index contributed by atoms with van der Waals surface area (Å²) in [4.78, 5) is 0. The van der Waals surface area contributed by atoms with E-state index in [0.29, 0.717) is 18.4 Å². The molecule has 0 spiro atoms. The Morgan fingerprint density at radius 2 is 1.88 bits per heavy atom. The van der Waals surface area contributed by atoms with Crippen molar-refractivity contribution in [3.63, 3.8) is 0 Å². The lowest BCUT2D eigenvalue weighted by molar-refractivity contribution is 0.268. The van der Waals surface area contributed by atoms with Gasteiger partial charge in [-0.15, -0.1) is 0 Å². The standard InChI is InChI=1S/C21H25FNO2/c1-15-19(24-2)10-11-20(21(15)16-6-8-17(22)9-7-16)25-14-12-18-5-3-4-13-23-18/h6-11,18,23H,1,3-5,12-14H2,2H3. The summed E-state index contributed by atoms with van der Waals surface area (Å²) < 4.78 is 24.7. The molecule has 133 valence electrons. The molecule has 1 aliphatic heterocycles. The van der Waals surface area contributed by atoms with E-state index in [1.54, 1.807) is 19.2 Å². The van der Waals surface area contributed by atoms with Gasteiger partial charge in [-0.2, -0.15) is 0 Å². The van der Waals surface area contributed by atoms with E-state index in [4.69, 9.17) is 9.47 Å². The van der Waals surface area contributed by atoms with Gasteiger partial charge >= 0.3 is 0 Å². The van der Waals surface area contributed by atoms with E-state index >= 15 is 0 Å². The molecular weight excluding hydrogens is 317 g/mol. The van der Waals surface area contributed by atoms with Crippen LogP contribution < -0.4 is 14.8 Å². The van der Waals surface area contributed by atoms with Crippen molar-refractivity contribution in [2.75, 3.05) is 20.3 Å². The van der Waals surface area contributed by atoms with Crippen LogP contribution in [0.2, 0.25) is 0 Å². The number of halogens is 1. The summed E-state index contributed by atoms with van der Waals surface area (Å²) in [5.41, 5.74) is 2.48. The first-order chi connectivity index (χ1) is 12.2. The number of piperidine rings is 1. The van der Waals surface area contributed by atoms with Crippen molar-refractivity contribution in [3.05, 3.63) is 54.7 Å². The first-order valence-corrected chi connectivity index (χ1v) is 8.84. The number of ether oxygens (including phenoxy) is 2. The Labute approximate surface area is 149 Å². The van der Waals surface area contributed by atoms with Gasteiger partial charge in [-0.1, -0.05) is 18.6 Å². The van der Waals surface area contributed by atoms with E-state index in [2.05, 4.69) is 12.2 Å². The zero-order chi connectivity index (χ0) is 17.6. The van der Waals surface area contributed by atoms with E-state index in [-0.39, 0.29) is 5.82 Å². The maximum absolute atomic E-state index is 13.3. The second-order valence-corrected chi connectivity index (χ2v) is 6.41. The quantitative estimate of drug-likeness (QED) is 0.832. The lowest BCUT2D eigenvalue weighted by Gasteiger charge is -2.24. The van der Waals surface area contributed by atoms with Crippen LogP contribution in [0.25, 0.3) is 11.1 Å². The van der Waals surface area contributed by atoms with Gasteiger partial charge in [0.1, 0.15) is 17.3 Å². The lowest BCUT2D eigenvalue weighted by Crippen LogP contribution is -2.35. The van der Waals surface area contributed by atoms with E-state index in [0.717, 1.165) is 35.4 Å². The first-order valence-electron chi connectivity index (χ1n) is 8.84. The second-order valence-electron chi connectivity index (χ2n) is 6.41. The number of hydrogen-bond donors (Lipinski definition) is 1. The number of nitrogens with one attached hydrogen (secondary N) is 1. The number of hydrogen-bond acceptors (Lipinski definition) is 3. The predicted octanol–water partition coefficient (Wildman–Crippen LogP) is 4.59. The largest absolute Gasteiger partial charge is 0.496 e. The highest BCUT2D eigenvalue weighted by Gasteiger charge is 2.16. The Morgan fingerprint density at radius 3 is 2.56 bits per heavy atom. The highest BCUT2D eigenvalue weighted by Crippen LogP contribution is 2.38. The van der Waals surface area contributed by atoms with E-state index in [1.807, 2.05) is 12.1 Å². The van der Waals surface area contributed by atoms with Crippen LogP contribution in [0.3, 0.4) is 0 Å². The van der Waals surface area contributed by atoms with Crippen LogP contribution in [-0.2, 0) is 0 Å². The van der Waals surface area contributed by atoms with Gasteiger partial charge < -0.3 is 14.8 Å². The van der Waals surface area contributed by atoms with Gasteiger partial charge in [0.05, 0.1) is 13.7 Å². The van der Waals surface area contributed by atoms with Gasteiger partial charge in [-0.3, -0.25) is 0 Å². The Bertz CT molecular complexity index is 694. The molecule has 1 N–H and O–H groups in total. The molecule has 1 fully saturated rings. The van der Waals surface area contributed by atoms with Crippen LogP contribution in [0, 0.1) is 12.7 Å². The normalized spacial score (nSPS) is 17.3. The van der Waals surface area contributed by atoms with Crippen LogP contribution in [0.15, 0.2) is 36.4 Å². The molecule has 2 aromatic carbocycles. The van der Waals surface area contributed by atoms with E-state index < -0.39 is 0 Å². The summed E-state index contributed by atoms with van der Waals surface area (Å²) >= 11 is 0. The van der Waals surface area contributed by atoms with Crippen molar-refractivity contribution in [1.29, 1.82) is 0 Å². The van der Waals surface area contributed by atoms with E-state index in [1.165, 1.54) is 31.4 Å². The third-order valence-corrected chi connectivity index (χ3v) is 4.72. The highest BCUT2D eigenvalue weighted by atomic mass is 19.1. The van der Waals surface area contributed by atoms with Crippen molar-refractivity contribution < 1.29 is 13.9 Å². The Morgan fingerprint density at radius 1 is 1.12 bits per heavy atom. The molecule has 4 heteroatoms. The molecule has 3 rings (SSSR count). The third-order valence-electron chi connectivity index (χ3n) is 4.72. The fraction of sp³-hybridized carbons (Fsp3) is 0.381. The van der Waals surface area contributed by atoms with Crippen LogP contribution in [0.5, 0.6) is 11.5 Å². The van der Waals surface area contributed by atoms with Crippen molar-refractivity contribution in [2.45, 2.75) is 31.7 Å². The van der Waals surface area contributed by atoms with Crippen molar-refractivity contribution in [3.8, 4) is 22.6 Å². The minimum absolute atomic E-state index is 0.261. The summed E-state index contributed by atoms with van der Waals surface area (Å²) in [5.74, 6) is 1.19. The summed E-state index contributed by atoms with van der Waals surface area (Å²) in [7, 11) is 1.62. The second kappa shape index (κ2) is 8.34. The molecule has 1 heterocycles. The molecule has 0 aromatic heterocycles. The summed E-state index contributed by atoms with van der Waals surface area (Å²) in [6.45, 7) is 5.87. The van der Waals surface area contributed by atoms with Crippen LogP contribution >= 0.6 is 0 Å². The van der Waals surface area contributed by atoms with Crippen LogP contribution in [0.1, 0.15) is 31.2 Å². The van der Waals surface area contributed by atoms with Gasteiger partial charge in [0.15, 0.2) is 0 Å². The molecule has 3 nitrogen and oxygen atoms in total.